The molecule has 5 atom stereocenters. The lowest BCUT2D eigenvalue weighted by atomic mass is 9.98. The van der Waals surface area contributed by atoms with Crippen LogP contribution in [0.2, 0.25) is 0 Å². The van der Waals surface area contributed by atoms with E-state index < -0.39 is 36.0 Å². The Morgan fingerprint density at radius 2 is 2.04 bits per heavy atom. The van der Waals surface area contributed by atoms with E-state index in [1.807, 2.05) is 20.8 Å². The van der Waals surface area contributed by atoms with E-state index in [0.29, 0.717) is 19.5 Å². The van der Waals surface area contributed by atoms with Crippen LogP contribution in [-0.2, 0) is 9.47 Å². The summed E-state index contributed by atoms with van der Waals surface area (Å²) >= 11 is 1.45. The number of ether oxygens (including phenoxy) is 2. The molecule has 2 rings (SSSR count). The number of aliphatic hydroxyl groups is 2. The van der Waals surface area contributed by atoms with Crippen LogP contribution in [0.3, 0.4) is 0 Å². The van der Waals surface area contributed by atoms with Crippen molar-refractivity contribution in [3.63, 3.8) is 0 Å². The lowest BCUT2D eigenvalue weighted by Crippen LogP contribution is -2.57. The van der Waals surface area contributed by atoms with Gasteiger partial charge < -0.3 is 30.3 Å². The van der Waals surface area contributed by atoms with Crippen molar-refractivity contribution in [1.29, 1.82) is 0 Å². The number of hydrogen-bond donors (Lipinski definition) is 4. The van der Waals surface area contributed by atoms with Gasteiger partial charge in [-0.25, -0.2) is 4.79 Å². The average molecular weight is 404 g/mol. The van der Waals surface area contributed by atoms with Crippen molar-refractivity contribution in [2.75, 3.05) is 19.6 Å². The molecule has 2 heterocycles. The van der Waals surface area contributed by atoms with Crippen LogP contribution in [0, 0.1) is 0 Å². The second-order valence-electron chi connectivity index (χ2n) is 7.89. The molecule has 156 valence electrons. The van der Waals surface area contributed by atoms with Crippen LogP contribution in [0.15, 0.2) is 4.99 Å². The number of aliphatic hydroxyl groups excluding tert-OH is 2. The van der Waals surface area contributed by atoms with Crippen LogP contribution in [0.1, 0.15) is 47.0 Å². The smallest absolute Gasteiger partial charge is 0.407 e. The average Bonchev–Trinajstić information content (AvgIpc) is 2.97. The summed E-state index contributed by atoms with van der Waals surface area (Å²) in [4.78, 5) is 16.2. The number of unbranched alkanes of at least 4 members (excludes halogenated alkanes) is 1. The Bertz CT molecular complexity index is 526. The summed E-state index contributed by atoms with van der Waals surface area (Å²) in [5, 5.41) is 27.5. The third kappa shape index (κ3) is 6.90. The van der Waals surface area contributed by atoms with E-state index in [1.165, 1.54) is 11.8 Å². The predicted molar refractivity (Wildman–Crippen MR) is 106 cm³/mol. The first-order chi connectivity index (χ1) is 12.7. The van der Waals surface area contributed by atoms with E-state index in [0.717, 1.165) is 24.4 Å². The van der Waals surface area contributed by atoms with Gasteiger partial charge in [-0.1, -0.05) is 25.1 Å². The third-order valence-corrected chi connectivity index (χ3v) is 5.48. The molecular formula is C18H33N3O5S. The highest BCUT2D eigenvalue weighted by atomic mass is 32.2. The first-order valence-corrected chi connectivity index (χ1v) is 10.5. The van der Waals surface area contributed by atoms with Gasteiger partial charge in [-0.05, 0) is 33.7 Å². The van der Waals surface area contributed by atoms with Crippen LogP contribution in [-0.4, -0.2) is 76.4 Å². The fourth-order valence-corrected chi connectivity index (χ4v) is 4.14. The van der Waals surface area contributed by atoms with Crippen molar-refractivity contribution in [3.8, 4) is 0 Å². The van der Waals surface area contributed by atoms with Crippen LogP contribution in [0.25, 0.3) is 0 Å². The van der Waals surface area contributed by atoms with Gasteiger partial charge in [-0.3, -0.25) is 4.99 Å². The number of alkyl carbamates (subject to hydrolysis) is 1. The van der Waals surface area contributed by atoms with E-state index in [-0.39, 0.29) is 5.44 Å². The summed E-state index contributed by atoms with van der Waals surface area (Å²) in [5.74, 6) is 0. The van der Waals surface area contributed by atoms with Crippen molar-refractivity contribution in [2.24, 2.45) is 4.99 Å². The van der Waals surface area contributed by atoms with Crippen LogP contribution < -0.4 is 10.6 Å². The van der Waals surface area contributed by atoms with Gasteiger partial charge in [0.15, 0.2) is 0 Å². The fourth-order valence-electron chi connectivity index (χ4n) is 2.91. The highest BCUT2D eigenvalue weighted by Gasteiger charge is 2.47. The van der Waals surface area contributed by atoms with E-state index >= 15 is 0 Å². The zero-order valence-corrected chi connectivity index (χ0v) is 17.4. The first-order valence-electron chi connectivity index (χ1n) is 9.63. The standard InChI is InChI=1S/C18H33N3O5S/c1-5-6-8-19-10-11-14(22)15(23)13-16(25-11)27-12(21-13)7-9-20-17(24)26-18(2,3)4/h11,13-16,19,22-23H,5-10H2,1-4H3,(H,20,24)/t11-,13-,14-,15-,16-/m1/s1. The molecule has 0 spiro atoms. The fraction of sp³-hybridized carbons (Fsp3) is 0.889. The van der Waals surface area contributed by atoms with Gasteiger partial charge in [-0.2, -0.15) is 0 Å². The monoisotopic (exact) mass is 403 g/mol. The Kier molecular flexibility index (Phi) is 8.36. The van der Waals surface area contributed by atoms with Gasteiger partial charge in [0.25, 0.3) is 0 Å². The van der Waals surface area contributed by atoms with Crippen LogP contribution in [0.4, 0.5) is 4.79 Å². The lowest BCUT2D eigenvalue weighted by Gasteiger charge is -2.38. The van der Waals surface area contributed by atoms with Crippen molar-refractivity contribution < 1.29 is 24.5 Å². The molecule has 1 amide bonds. The summed E-state index contributed by atoms with van der Waals surface area (Å²) < 4.78 is 11.2. The summed E-state index contributed by atoms with van der Waals surface area (Å²) in [5.41, 5.74) is -0.842. The van der Waals surface area contributed by atoms with Crippen LogP contribution >= 0.6 is 11.8 Å². The number of rotatable bonds is 8. The molecule has 1 saturated heterocycles. The molecule has 0 aromatic rings. The van der Waals surface area contributed by atoms with Gasteiger partial charge in [-0.15, -0.1) is 0 Å². The summed E-state index contributed by atoms with van der Waals surface area (Å²) in [6.07, 6.45) is -0.159. The number of thioether (sulfide) groups is 1. The molecule has 0 unspecified atom stereocenters. The van der Waals surface area contributed by atoms with Gasteiger partial charge in [0, 0.05) is 19.5 Å². The molecule has 8 nitrogen and oxygen atoms in total. The minimum absolute atomic E-state index is 0.307. The number of nitrogens with zero attached hydrogens (tertiary/aromatic N) is 1. The number of carbonyl (C=O) groups excluding carboxylic acids is 1. The zero-order chi connectivity index (χ0) is 20.0. The molecule has 1 fully saturated rings. The zero-order valence-electron chi connectivity index (χ0n) is 16.6. The molecule has 9 heteroatoms. The normalized spacial score (nSPS) is 30.6. The summed E-state index contributed by atoms with van der Waals surface area (Å²) in [6.45, 7) is 9.30. The molecule has 0 aromatic carbocycles. The lowest BCUT2D eigenvalue weighted by molar-refractivity contribution is -0.150. The maximum Gasteiger partial charge on any atom is 0.407 e. The largest absolute Gasteiger partial charge is 0.444 e. The Hall–Kier alpha value is -0.870. The quantitative estimate of drug-likeness (QED) is 0.451. The van der Waals surface area contributed by atoms with Crippen molar-refractivity contribution >= 4 is 22.9 Å². The second kappa shape index (κ2) is 10.1. The summed E-state index contributed by atoms with van der Waals surface area (Å²) in [7, 11) is 0. The van der Waals surface area contributed by atoms with Gasteiger partial charge in [0.1, 0.15) is 35.4 Å². The first kappa shape index (κ1) is 22.4. The molecule has 2 aliphatic heterocycles. The van der Waals surface area contributed by atoms with Crippen LogP contribution in [0.5, 0.6) is 0 Å². The number of carbonyl (C=O) groups is 1. The molecule has 0 radical (unpaired) electrons. The topological polar surface area (TPSA) is 112 Å². The number of hydrogen-bond acceptors (Lipinski definition) is 8. The molecule has 0 bridgehead atoms. The van der Waals surface area contributed by atoms with E-state index in [2.05, 4.69) is 22.5 Å². The molecule has 27 heavy (non-hydrogen) atoms. The second-order valence-corrected chi connectivity index (χ2v) is 9.06. The third-order valence-electron chi connectivity index (χ3n) is 4.27. The maximum absolute atomic E-state index is 11.7. The molecule has 2 aliphatic rings. The Balaban J connectivity index is 1.78. The molecular weight excluding hydrogens is 370 g/mol. The van der Waals surface area contributed by atoms with Crippen molar-refractivity contribution in [3.05, 3.63) is 0 Å². The molecule has 0 aliphatic carbocycles. The van der Waals surface area contributed by atoms with E-state index in [1.54, 1.807) is 0 Å². The predicted octanol–water partition coefficient (Wildman–Crippen LogP) is 1.25. The Morgan fingerprint density at radius 3 is 2.70 bits per heavy atom. The maximum atomic E-state index is 11.7. The summed E-state index contributed by atoms with van der Waals surface area (Å²) in [6, 6.07) is -0.478. The number of nitrogens with one attached hydrogen (secondary N) is 2. The SMILES string of the molecule is CCCCNC[C@H]1O[C@@H]2SC(CCNC(=O)OC(C)(C)C)=N[C@@H]2[C@@H](O)[C@@H]1O. The Morgan fingerprint density at radius 1 is 1.30 bits per heavy atom. The minimum Gasteiger partial charge on any atom is -0.444 e. The number of amides is 1. The number of aliphatic imine (C=N–C) groups is 1. The van der Waals surface area contributed by atoms with Crippen molar-refractivity contribution in [1.82, 2.24) is 10.6 Å². The van der Waals surface area contributed by atoms with E-state index in [4.69, 9.17) is 9.47 Å². The minimum atomic E-state index is -0.969. The highest BCUT2D eigenvalue weighted by molar-refractivity contribution is 8.14. The van der Waals surface area contributed by atoms with E-state index in [9.17, 15) is 15.0 Å². The molecule has 4 N–H and O–H groups in total. The molecule has 0 aromatic heterocycles. The van der Waals surface area contributed by atoms with Gasteiger partial charge in [0.2, 0.25) is 0 Å². The van der Waals surface area contributed by atoms with Gasteiger partial charge in [0.05, 0.1) is 5.04 Å². The Labute approximate surface area is 165 Å². The number of fused-ring (bicyclic) bond motifs is 1. The highest BCUT2D eigenvalue weighted by Crippen LogP contribution is 2.37. The van der Waals surface area contributed by atoms with Crippen molar-refractivity contribution in [2.45, 2.75) is 82.3 Å². The van der Waals surface area contributed by atoms with Gasteiger partial charge >= 0.3 is 6.09 Å². The molecule has 0 saturated carbocycles.